The molecule has 0 aliphatic heterocycles. The van der Waals surface area contributed by atoms with Gasteiger partial charge >= 0.3 is 11.9 Å². The molecule has 5 nitrogen and oxygen atoms in total. The van der Waals surface area contributed by atoms with Crippen LogP contribution in [0.4, 0.5) is 0 Å². The summed E-state index contributed by atoms with van der Waals surface area (Å²) in [5.41, 5.74) is 1.11. The second-order valence-electron chi connectivity index (χ2n) is 3.77. The molecule has 1 rings (SSSR count). The van der Waals surface area contributed by atoms with Gasteiger partial charge in [0.15, 0.2) is 0 Å². The molecule has 0 aliphatic carbocycles. The molecule has 0 radical (unpaired) electrons. The molecule has 1 aromatic rings. The number of ether oxygens (including phenoxy) is 2. The molecule has 0 saturated heterocycles. The minimum atomic E-state index is -0.456. The van der Waals surface area contributed by atoms with Gasteiger partial charge in [0.1, 0.15) is 5.03 Å². The number of pyridine rings is 1. The van der Waals surface area contributed by atoms with Crippen LogP contribution in [0, 0.1) is 0 Å². The Bertz CT molecular complexity index is 507. The first-order valence-corrected chi connectivity index (χ1v) is 8.02. The van der Waals surface area contributed by atoms with E-state index in [1.807, 2.05) is 6.26 Å². The van der Waals surface area contributed by atoms with Crippen molar-refractivity contribution in [1.29, 1.82) is 0 Å². The predicted octanol–water partition coefficient (Wildman–Crippen LogP) is 2.85. The van der Waals surface area contributed by atoms with Crippen LogP contribution in [0.5, 0.6) is 0 Å². The Morgan fingerprint density at radius 2 is 2.15 bits per heavy atom. The fraction of sp³-hybridized carbons (Fsp3) is 0.462. The number of hydrogen-bond donors (Lipinski definition) is 0. The topological polar surface area (TPSA) is 65.5 Å². The molecule has 0 atom stereocenters. The summed E-state index contributed by atoms with van der Waals surface area (Å²) < 4.78 is 10.4. The SMILES string of the molecule is CCOC(=O)CCc1c(Br)cnc(SC)c1C(=O)OC. The molecule has 0 N–H and O–H groups in total. The second-order valence-corrected chi connectivity index (χ2v) is 5.41. The molecule has 0 unspecified atom stereocenters. The highest BCUT2D eigenvalue weighted by atomic mass is 79.9. The number of nitrogens with zero attached hydrogens (tertiary/aromatic N) is 1. The lowest BCUT2D eigenvalue weighted by Gasteiger charge is -2.12. The van der Waals surface area contributed by atoms with E-state index in [1.54, 1.807) is 13.1 Å². The summed E-state index contributed by atoms with van der Waals surface area (Å²) in [6.45, 7) is 2.10. The smallest absolute Gasteiger partial charge is 0.340 e. The number of halogens is 1. The summed E-state index contributed by atoms with van der Waals surface area (Å²) in [6, 6.07) is 0. The molecule has 7 heteroatoms. The van der Waals surface area contributed by atoms with Crippen LogP contribution in [0.25, 0.3) is 0 Å². The average molecular weight is 362 g/mol. The number of esters is 2. The molecule has 0 saturated carbocycles. The van der Waals surface area contributed by atoms with Crippen LogP contribution in [0.1, 0.15) is 29.3 Å². The van der Waals surface area contributed by atoms with Crippen LogP contribution in [0.3, 0.4) is 0 Å². The summed E-state index contributed by atoms with van der Waals surface area (Å²) in [5.74, 6) is -0.750. The van der Waals surface area contributed by atoms with Crippen molar-refractivity contribution < 1.29 is 19.1 Å². The van der Waals surface area contributed by atoms with E-state index in [9.17, 15) is 9.59 Å². The second kappa shape index (κ2) is 8.26. The molecular formula is C13H16BrNO4S. The van der Waals surface area contributed by atoms with Crippen molar-refractivity contribution in [3.63, 3.8) is 0 Å². The maximum atomic E-state index is 11.9. The molecule has 0 amide bonds. The Labute approximate surface area is 130 Å². The van der Waals surface area contributed by atoms with Gasteiger partial charge in [-0.25, -0.2) is 9.78 Å². The highest BCUT2D eigenvalue weighted by Crippen LogP contribution is 2.29. The third-order valence-corrected chi connectivity index (χ3v) is 3.95. The maximum Gasteiger partial charge on any atom is 0.340 e. The van der Waals surface area contributed by atoms with Crippen molar-refractivity contribution in [3.05, 3.63) is 21.8 Å². The Hall–Kier alpha value is -1.08. The van der Waals surface area contributed by atoms with Crippen molar-refractivity contribution >= 4 is 39.6 Å². The summed E-state index contributed by atoms with van der Waals surface area (Å²) in [5, 5.41) is 0.582. The first-order valence-electron chi connectivity index (χ1n) is 6.00. The Balaban J connectivity index is 3.09. The lowest BCUT2D eigenvalue weighted by atomic mass is 10.1. The molecule has 0 spiro atoms. The zero-order valence-corrected chi connectivity index (χ0v) is 14.0. The Morgan fingerprint density at radius 1 is 1.45 bits per heavy atom. The first-order chi connectivity index (χ1) is 9.54. The van der Waals surface area contributed by atoms with E-state index in [0.717, 1.165) is 0 Å². The average Bonchev–Trinajstić information content (AvgIpc) is 2.45. The van der Waals surface area contributed by atoms with Crippen LogP contribution >= 0.6 is 27.7 Å². The minimum absolute atomic E-state index is 0.203. The van der Waals surface area contributed by atoms with Gasteiger partial charge in [-0.3, -0.25) is 4.79 Å². The summed E-state index contributed by atoms with van der Waals surface area (Å²) in [6.07, 6.45) is 4.05. The van der Waals surface area contributed by atoms with Gasteiger partial charge in [-0.05, 0) is 41.1 Å². The fourth-order valence-electron chi connectivity index (χ4n) is 1.68. The molecule has 20 heavy (non-hydrogen) atoms. The number of rotatable bonds is 6. The van der Waals surface area contributed by atoms with E-state index < -0.39 is 5.97 Å². The minimum Gasteiger partial charge on any atom is -0.466 e. The van der Waals surface area contributed by atoms with Gasteiger partial charge in [0.05, 0.1) is 19.3 Å². The van der Waals surface area contributed by atoms with E-state index in [-0.39, 0.29) is 12.4 Å². The van der Waals surface area contributed by atoms with Gasteiger partial charge in [-0.2, -0.15) is 0 Å². The van der Waals surface area contributed by atoms with Crippen LogP contribution in [-0.2, 0) is 20.7 Å². The molecule has 1 aromatic heterocycles. The Kier molecular flexibility index (Phi) is 7.01. The van der Waals surface area contributed by atoms with Crippen molar-refractivity contribution in [2.24, 2.45) is 0 Å². The first kappa shape index (κ1) is 17.0. The van der Waals surface area contributed by atoms with Crippen molar-refractivity contribution in [2.75, 3.05) is 20.0 Å². The van der Waals surface area contributed by atoms with Crippen molar-refractivity contribution in [2.45, 2.75) is 24.8 Å². The normalized spacial score (nSPS) is 10.2. The standard InChI is InChI=1S/C13H16BrNO4S/c1-4-19-10(16)6-5-8-9(14)7-15-12(20-3)11(8)13(17)18-2/h7H,4-6H2,1-3H3. The van der Waals surface area contributed by atoms with Gasteiger partial charge < -0.3 is 9.47 Å². The maximum absolute atomic E-state index is 11.9. The molecule has 0 aromatic carbocycles. The zero-order chi connectivity index (χ0) is 15.1. The van der Waals surface area contributed by atoms with Crippen LogP contribution in [0.15, 0.2) is 15.7 Å². The fourth-order valence-corrected chi connectivity index (χ4v) is 2.75. The summed E-state index contributed by atoms with van der Waals surface area (Å²) in [4.78, 5) is 27.6. The van der Waals surface area contributed by atoms with Crippen LogP contribution in [-0.4, -0.2) is 36.9 Å². The highest BCUT2D eigenvalue weighted by molar-refractivity contribution is 9.10. The van der Waals surface area contributed by atoms with E-state index in [1.165, 1.54) is 18.9 Å². The zero-order valence-electron chi connectivity index (χ0n) is 11.6. The predicted molar refractivity (Wildman–Crippen MR) is 80.0 cm³/mol. The molecule has 1 heterocycles. The van der Waals surface area contributed by atoms with Gasteiger partial charge in [0, 0.05) is 17.1 Å². The molecular weight excluding hydrogens is 346 g/mol. The van der Waals surface area contributed by atoms with E-state index >= 15 is 0 Å². The number of hydrogen-bond acceptors (Lipinski definition) is 6. The largest absolute Gasteiger partial charge is 0.466 e. The molecule has 0 aliphatic rings. The third kappa shape index (κ3) is 4.21. The number of methoxy groups -OCH3 is 1. The van der Waals surface area contributed by atoms with Crippen LogP contribution in [0.2, 0.25) is 0 Å². The third-order valence-electron chi connectivity index (χ3n) is 2.57. The van der Waals surface area contributed by atoms with Gasteiger partial charge in [0.25, 0.3) is 0 Å². The van der Waals surface area contributed by atoms with E-state index in [4.69, 9.17) is 9.47 Å². The van der Waals surface area contributed by atoms with Gasteiger partial charge in [-0.1, -0.05) is 0 Å². The number of carbonyl (C=O) groups excluding carboxylic acids is 2. The highest BCUT2D eigenvalue weighted by Gasteiger charge is 2.21. The number of carbonyl (C=O) groups is 2. The van der Waals surface area contributed by atoms with Gasteiger partial charge in [0.2, 0.25) is 0 Å². The molecule has 0 fully saturated rings. The number of thioether (sulfide) groups is 1. The monoisotopic (exact) mass is 361 g/mol. The summed E-state index contributed by atoms with van der Waals surface area (Å²) in [7, 11) is 1.32. The van der Waals surface area contributed by atoms with Crippen molar-refractivity contribution in [1.82, 2.24) is 4.98 Å². The lowest BCUT2D eigenvalue weighted by Crippen LogP contribution is -2.12. The molecule has 110 valence electrons. The van der Waals surface area contributed by atoms with E-state index in [2.05, 4.69) is 20.9 Å². The van der Waals surface area contributed by atoms with Crippen molar-refractivity contribution in [3.8, 4) is 0 Å². The molecule has 0 bridgehead atoms. The Morgan fingerprint density at radius 3 is 2.70 bits per heavy atom. The lowest BCUT2D eigenvalue weighted by molar-refractivity contribution is -0.143. The number of aromatic nitrogens is 1. The van der Waals surface area contributed by atoms with Gasteiger partial charge in [-0.15, -0.1) is 11.8 Å². The van der Waals surface area contributed by atoms with E-state index in [0.29, 0.717) is 33.7 Å². The van der Waals surface area contributed by atoms with Crippen LogP contribution < -0.4 is 0 Å². The quantitative estimate of drug-likeness (QED) is 0.573. The summed E-state index contributed by atoms with van der Waals surface area (Å²) >= 11 is 4.72.